The van der Waals surface area contributed by atoms with Crippen LogP contribution in [0.3, 0.4) is 0 Å². The Balaban J connectivity index is 1.50. The first-order valence-corrected chi connectivity index (χ1v) is 11.4. The van der Waals surface area contributed by atoms with Crippen molar-refractivity contribution in [3.63, 3.8) is 0 Å². The Morgan fingerprint density at radius 1 is 0.906 bits per heavy atom. The van der Waals surface area contributed by atoms with Gasteiger partial charge >= 0.3 is 6.03 Å². The van der Waals surface area contributed by atoms with Crippen LogP contribution in [0.2, 0.25) is 0 Å². The van der Waals surface area contributed by atoms with E-state index < -0.39 is 17.8 Å². The number of carbonyl (C=O) groups is 3. The number of hydrogen-bond acceptors (Lipinski definition) is 4. The van der Waals surface area contributed by atoms with Crippen molar-refractivity contribution in [3.05, 3.63) is 97.5 Å². The highest BCUT2D eigenvalue weighted by atomic mass is 127. The Hall–Kier alpha value is -2.98. The van der Waals surface area contributed by atoms with Crippen molar-refractivity contribution in [2.75, 3.05) is 4.90 Å². The minimum atomic E-state index is -0.779. The topological polar surface area (TPSA) is 75.7 Å². The van der Waals surface area contributed by atoms with E-state index in [2.05, 4.69) is 43.8 Å². The number of ether oxygens (including phenoxy) is 1. The van der Waals surface area contributed by atoms with E-state index in [1.54, 1.807) is 48.5 Å². The number of halogens is 2. The minimum Gasteiger partial charge on any atom is -0.489 e. The van der Waals surface area contributed by atoms with Gasteiger partial charge in [0.2, 0.25) is 0 Å². The molecule has 4 rings (SSSR count). The summed E-state index contributed by atoms with van der Waals surface area (Å²) in [5.41, 5.74) is 1.93. The number of imide groups is 2. The Bertz CT molecular complexity index is 1210. The third kappa shape index (κ3) is 5.08. The third-order valence-electron chi connectivity index (χ3n) is 4.70. The zero-order valence-electron chi connectivity index (χ0n) is 16.5. The van der Waals surface area contributed by atoms with Crippen LogP contribution in [0.25, 0.3) is 6.08 Å². The quantitative estimate of drug-likeness (QED) is 0.244. The smallest absolute Gasteiger partial charge is 0.335 e. The van der Waals surface area contributed by atoms with Crippen LogP contribution in [0, 0.1) is 3.57 Å². The highest BCUT2D eigenvalue weighted by Crippen LogP contribution is 2.24. The molecule has 0 saturated carbocycles. The van der Waals surface area contributed by atoms with Crippen LogP contribution in [0.15, 0.2) is 82.8 Å². The summed E-state index contributed by atoms with van der Waals surface area (Å²) in [7, 11) is 0. The molecule has 4 amide bonds. The van der Waals surface area contributed by atoms with Gasteiger partial charge in [-0.05, 0) is 88.3 Å². The van der Waals surface area contributed by atoms with Crippen molar-refractivity contribution in [2.24, 2.45) is 0 Å². The summed E-state index contributed by atoms with van der Waals surface area (Å²) in [6.45, 7) is 0.433. The maximum absolute atomic E-state index is 12.9. The summed E-state index contributed by atoms with van der Waals surface area (Å²) in [4.78, 5) is 38.5. The van der Waals surface area contributed by atoms with E-state index in [-0.39, 0.29) is 5.57 Å². The van der Waals surface area contributed by atoms with Gasteiger partial charge in [0.25, 0.3) is 11.8 Å². The van der Waals surface area contributed by atoms with Gasteiger partial charge in [0.1, 0.15) is 17.9 Å². The zero-order chi connectivity index (χ0) is 22.7. The average molecular weight is 603 g/mol. The van der Waals surface area contributed by atoms with Crippen LogP contribution in [-0.2, 0) is 16.2 Å². The fourth-order valence-corrected chi connectivity index (χ4v) is 3.68. The molecule has 0 spiro atoms. The fraction of sp³-hybridized carbons (Fsp3) is 0.0417. The second kappa shape index (κ2) is 9.66. The summed E-state index contributed by atoms with van der Waals surface area (Å²) in [5, 5.41) is 2.22. The number of nitrogens with zero attached hydrogens (tertiary/aromatic N) is 1. The second-order valence-electron chi connectivity index (χ2n) is 6.92. The molecule has 6 nitrogen and oxygen atoms in total. The molecular weight excluding hydrogens is 587 g/mol. The zero-order valence-corrected chi connectivity index (χ0v) is 20.3. The van der Waals surface area contributed by atoms with E-state index in [9.17, 15) is 14.4 Å². The predicted molar refractivity (Wildman–Crippen MR) is 133 cm³/mol. The molecule has 0 bridgehead atoms. The Labute approximate surface area is 206 Å². The number of benzene rings is 3. The lowest BCUT2D eigenvalue weighted by molar-refractivity contribution is -0.122. The Kier molecular flexibility index (Phi) is 6.71. The molecular formula is C24H16BrIN2O4. The first-order chi connectivity index (χ1) is 15.4. The second-order valence-corrected chi connectivity index (χ2v) is 9.08. The van der Waals surface area contributed by atoms with E-state index in [1.807, 2.05) is 24.3 Å². The SMILES string of the molecule is O=C1NC(=O)N(c2ccc(Br)cc2)C(=O)/C1=C/c1ccc(OCc2ccc(I)cc2)cc1. The summed E-state index contributed by atoms with van der Waals surface area (Å²) < 4.78 is 7.76. The summed E-state index contributed by atoms with van der Waals surface area (Å²) in [5.74, 6) is -0.746. The van der Waals surface area contributed by atoms with Gasteiger partial charge in [0, 0.05) is 8.04 Å². The van der Waals surface area contributed by atoms with E-state index in [0.29, 0.717) is 23.6 Å². The van der Waals surface area contributed by atoms with Gasteiger partial charge in [0.05, 0.1) is 5.69 Å². The molecule has 0 aliphatic carbocycles. The third-order valence-corrected chi connectivity index (χ3v) is 5.94. The number of urea groups is 1. The van der Waals surface area contributed by atoms with E-state index in [1.165, 1.54) is 6.08 Å². The largest absolute Gasteiger partial charge is 0.489 e. The number of rotatable bonds is 5. The number of amides is 4. The molecule has 1 aliphatic rings. The Morgan fingerprint density at radius 2 is 1.56 bits per heavy atom. The molecule has 1 fully saturated rings. The summed E-state index contributed by atoms with van der Waals surface area (Å²) in [6.07, 6.45) is 1.46. The van der Waals surface area contributed by atoms with Crippen LogP contribution < -0.4 is 15.0 Å². The highest BCUT2D eigenvalue weighted by Gasteiger charge is 2.36. The first-order valence-electron chi connectivity index (χ1n) is 9.55. The normalized spacial score (nSPS) is 15.1. The minimum absolute atomic E-state index is 0.125. The van der Waals surface area contributed by atoms with Crippen LogP contribution in [0.4, 0.5) is 10.5 Å². The van der Waals surface area contributed by atoms with Gasteiger partial charge in [-0.3, -0.25) is 14.9 Å². The lowest BCUT2D eigenvalue weighted by Gasteiger charge is -2.26. The van der Waals surface area contributed by atoms with Crippen LogP contribution in [0.1, 0.15) is 11.1 Å². The molecule has 0 aromatic heterocycles. The van der Waals surface area contributed by atoms with Gasteiger partial charge in [-0.2, -0.15) is 0 Å². The van der Waals surface area contributed by atoms with Gasteiger partial charge < -0.3 is 4.74 Å². The fourth-order valence-electron chi connectivity index (χ4n) is 3.06. The number of hydrogen-bond donors (Lipinski definition) is 1. The highest BCUT2D eigenvalue weighted by molar-refractivity contribution is 14.1. The number of carbonyl (C=O) groups excluding carboxylic acids is 3. The molecule has 1 aliphatic heterocycles. The molecule has 0 radical (unpaired) electrons. The van der Waals surface area contributed by atoms with E-state index >= 15 is 0 Å². The van der Waals surface area contributed by atoms with E-state index in [0.717, 1.165) is 18.5 Å². The van der Waals surface area contributed by atoms with Crippen LogP contribution in [0.5, 0.6) is 5.75 Å². The summed E-state index contributed by atoms with van der Waals surface area (Å²) in [6, 6.07) is 21.0. The molecule has 32 heavy (non-hydrogen) atoms. The molecule has 1 saturated heterocycles. The van der Waals surface area contributed by atoms with Gasteiger partial charge in [-0.25, -0.2) is 9.69 Å². The van der Waals surface area contributed by atoms with Crippen molar-refractivity contribution in [2.45, 2.75) is 6.61 Å². The van der Waals surface area contributed by atoms with Gasteiger partial charge in [-0.1, -0.05) is 40.2 Å². The molecule has 1 N–H and O–H groups in total. The molecule has 8 heteroatoms. The van der Waals surface area contributed by atoms with Gasteiger partial charge in [0.15, 0.2) is 0 Å². The van der Waals surface area contributed by atoms with E-state index in [4.69, 9.17) is 4.74 Å². The molecule has 160 valence electrons. The summed E-state index contributed by atoms with van der Waals surface area (Å²) >= 11 is 5.57. The molecule has 3 aromatic rings. The average Bonchev–Trinajstić information content (AvgIpc) is 2.78. The predicted octanol–water partition coefficient (Wildman–Crippen LogP) is 5.30. The van der Waals surface area contributed by atoms with Crippen molar-refractivity contribution in [1.82, 2.24) is 5.32 Å². The number of nitrogens with one attached hydrogen (secondary N) is 1. The maximum atomic E-state index is 12.9. The molecule has 0 atom stereocenters. The van der Waals surface area contributed by atoms with Crippen molar-refractivity contribution < 1.29 is 19.1 Å². The van der Waals surface area contributed by atoms with Crippen molar-refractivity contribution in [1.29, 1.82) is 0 Å². The van der Waals surface area contributed by atoms with Crippen molar-refractivity contribution in [3.8, 4) is 5.75 Å². The molecule has 3 aromatic carbocycles. The maximum Gasteiger partial charge on any atom is 0.335 e. The lowest BCUT2D eigenvalue weighted by atomic mass is 10.1. The first kappa shape index (κ1) is 22.2. The monoisotopic (exact) mass is 602 g/mol. The standard InChI is InChI=1S/C24H16BrIN2O4/c25-17-5-9-19(10-6-17)28-23(30)21(22(29)27-24(28)31)13-15-3-11-20(12-4-15)32-14-16-1-7-18(26)8-2-16/h1-13H,14H2,(H,27,29,31)/b21-13+. The van der Waals surface area contributed by atoms with Crippen LogP contribution >= 0.6 is 38.5 Å². The number of barbiturate groups is 1. The number of anilines is 1. The lowest BCUT2D eigenvalue weighted by Crippen LogP contribution is -2.54. The van der Waals surface area contributed by atoms with Crippen LogP contribution in [-0.4, -0.2) is 17.8 Å². The van der Waals surface area contributed by atoms with Gasteiger partial charge in [-0.15, -0.1) is 0 Å². The van der Waals surface area contributed by atoms with Crippen molar-refractivity contribution >= 4 is 68.1 Å². The molecule has 0 unspecified atom stereocenters. The molecule has 1 heterocycles. The Morgan fingerprint density at radius 3 is 2.22 bits per heavy atom.